The van der Waals surface area contributed by atoms with Crippen LogP contribution >= 0.6 is 24.8 Å². The zero-order valence-electron chi connectivity index (χ0n) is 7.87. The molecule has 0 aromatic carbocycles. The minimum Gasteiger partial charge on any atom is -0.147 e. The average Bonchev–Trinajstić information content (AvgIpc) is 2.60. The van der Waals surface area contributed by atoms with Crippen LogP contribution in [0, 0.1) is 0 Å². The summed E-state index contributed by atoms with van der Waals surface area (Å²) >= 11 is -0.457. The van der Waals surface area contributed by atoms with Crippen LogP contribution < -0.4 is 0 Å². The Bertz CT molecular complexity index is 111. The van der Waals surface area contributed by atoms with Crippen LogP contribution in [0.1, 0.15) is 25.7 Å². The van der Waals surface area contributed by atoms with E-state index in [1.807, 2.05) is 0 Å². The Morgan fingerprint density at radius 2 is 0.923 bits per heavy atom. The SMILES string of the molecule is C1CC[N]([Hf][N]2CCCC2)C1.Cl.Cl. The normalized spacial score (nSPS) is 23.7. The Morgan fingerprint density at radius 3 is 1.23 bits per heavy atom. The molecule has 0 saturated carbocycles. The molecular weight excluding hydrogens is 373 g/mol. The summed E-state index contributed by atoms with van der Waals surface area (Å²) in [7, 11) is 0. The van der Waals surface area contributed by atoms with Gasteiger partial charge in [-0.3, -0.25) is 0 Å². The van der Waals surface area contributed by atoms with Gasteiger partial charge in [0.1, 0.15) is 0 Å². The fourth-order valence-electron chi connectivity index (χ4n) is 1.83. The van der Waals surface area contributed by atoms with Crippen molar-refractivity contribution in [1.29, 1.82) is 0 Å². The first-order valence-corrected chi connectivity index (χ1v) is 7.93. The molecule has 0 radical (unpaired) electrons. The Balaban J connectivity index is 0.000000720. The van der Waals surface area contributed by atoms with Gasteiger partial charge in [-0.15, -0.1) is 24.8 Å². The summed E-state index contributed by atoms with van der Waals surface area (Å²) in [5, 5.41) is 0. The molecule has 2 nitrogen and oxygen atoms in total. The smallest absolute Gasteiger partial charge is 0.147 e. The summed E-state index contributed by atoms with van der Waals surface area (Å²) in [5.41, 5.74) is 0. The van der Waals surface area contributed by atoms with Crippen LogP contribution in [0.15, 0.2) is 0 Å². The Kier molecular flexibility index (Phi) is 8.44. The second-order valence-corrected chi connectivity index (χ2v) is 8.75. The number of halogens is 2. The third kappa shape index (κ3) is 4.61. The van der Waals surface area contributed by atoms with Crippen LogP contribution in [0.4, 0.5) is 0 Å². The zero-order chi connectivity index (χ0) is 7.52. The molecule has 0 aromatic rings. The van der Waals surface area contributed by atoms with Gasteiger partial charge in [-0.1, -0.05) is 0 Å². The van der Waals surface area contributed by atoms with Crippen molar-refractivity contribution >= 4 is 24.8 Å². The minimum atomic E-state index is -0.457. The van der Waals surface area contributed by atoms with Crippen LogP contribution in [-0.4, -0.2) is 32.0 Å². The van der Waals surface area contributed by atoms with Crippen molar-refractivity contribution in [3.05, 3.63) is 0 Å². The number of rotatable bonds is 2. The van der Waals surface area contributed by atoms with Gasteiger partial charge in [-0.2, -0.15) is 0 Å². The zero-order valence-corrected chi connectivity index (χ0v) is 13.1. The van der Waals surface area contributed by atoms with Gasteiger partial charge in [0.25, 0.3) is 0 Å². The third-order valence-electron chi connectivity index (χ3n) is 2.49. The molecule has 0 aromatic heterocycles. The maximum atomic E-state index is 2.78. The van der Waals surface area contributed by atoms with Gasteiger partial charge in [0.05, 0.1) is 0 Å². The topological polar surface area (TPSA) is 6.48 Å². The van der Waals surface area contributed by atoms with Crippen LogP contribution in [0.2, 0.25) is 0 Å². The summed E-state index contributed by atoms with van der Waals surface area (Å²) in [6, 6.07) is 0. The molecule has 2 saturated heterocycles. The van der Waals surface area contributed by atoms with Crippen LogP contribution in [0.3, 0.4) is 0 Å². The second-order valence-electron chi connectivity index (χ2n) is 3.49. The van der Waals surface area contributed by atoms with E-state index in [1.54, 1.807) is 0 Å². The summed E-state index contributed by atoms with van der Waals surface area (Å²) < 4.78 is 5.57. The summed E-state index contributed by atoms with van der Waals surface area (Å²) in [4.78, 5) is 0. The molecule has 2 fully saturated rings. The summed E-state index contributed by atoms with van der Waals surface area (Å²) in [6.45, 7) is 5.72. The quantitative estimate of drug-likeness (QED) is 0.664. The number of hydrogen-bond donors (Lipinski definition) is 0. The maximum absolute atomic E-state index is 2.78. The monoisotopic (exact) mass is 392 g/mol. The van der Waals surface area contributed by atoms with E-state index in [9.17, 15) is 0 Å². The van der Waals surface area contributed by atoms with E-state index in [0.717, 1.165) is 0 Å². The van der Waals surface area contributed by atoms with Crippen molar-refractivity contribution in [1.82, 2.24) is 5.78 Å². The maximum Gasteiger partial charge on any atom is -0.147 e. The Morgan fingerprint density at radius 1 is 0.615 bits per heavy atom. The largest absolute Gasteiger partial charge is 0.147 e. The molecule has 5 heteroatoms. The first kappa shape index (κ1) is 14.4. The molecule has 2 heterocycles. The predicted octanol–water partition coefficient (Wildman–Crippen LogP) is 1.93. The van der Waals surface area contributed by atoms with Gasteiger partial charge < -0.3 is 0 Å². The van der Waals surface area contributed by atoms with Crippen LogP contribution in [-0.2, 0) is 23.5 Å². The van der Waals surface area contributed by atoms with Gasteiger partial charge in [0.2, 0.25) is 0 Å². The molecule has 13 heavy (non-hydrogen) atoms. The molecule has 2 aliphatic heterocycles. The van der Waals surface area contributed by atoms with E-state index < -0.39 is 23.5 Å². The van der Waals surface area contributed by atoms with Crippen molar-refractivity contribution in [2.45, 2.75) is 25.7 Å². The van der Waals surface area contributed by atoms with Gasteiger partial charge in [-0.05, 0) is 0 Å². The van der Waals surface area contributed by atoms with Gasteiger partial charge in [0.15, 0.2) is 0 Å². The van der Waals surface area contributed by atoms with E-state index >= 15 is 0 Å². The van der Waals surface area contributed by atoms with E-state index in [2.05, 4.69) is 5.78 Å². The van der Waals surface area contributed by atoms with Crippen molar-refractivity contribution in [3.63, 3.8) is 0 Å². The van der Waals surface area contributed by atoms with Crippen molar-refractivity contribution in [2.75, 3.05) is 26.2 Å². The van der Waals surface area contributed by atoms with E-state index in [-0.39, 0.29) is 24.8 Å². The number of hydrogen-bond acceptors (Lipinski definition) is 2. The molecule has 0 bridgehead atoms. The Hall–Kier alpha value is 1.37. The first-order valence-electron chi connectivity index (χ1n) is 4.71. The molecule has 0 atom stereocenters. The summed E-state index contributed by atoms with van der Waals surface area (Å²) in [6.07, 6.45) is 5.89. The molecule has 0 unspecified atom stereocenters. The average molecular weight is 392 g/mol. The molecule has 0 N–H and O–H groups in total. The Labute approximate surface area is 105 Å². The third-order valence-corrected chi connectivity index (χ3v) is 7.74. The van der Waals surface area contributed by atoms with Crippen LogP contribution in [0.25, 0.3) is 0 Å². The fraction of sp³-hybridized carbons (Fsp3) is 1.00. The molecule has 2 aliphatic rings. The van der Waals surface area contributed by atoms with Crippen molar-refractivity contribution in [2.24, 2.45) is 0 Å². The van der Waals surface area contributed by atoms with Crippen LogP contribution in [0.5, 0.6) is 0 Å². The van der Waals surface area contributed by atoms with Crippen molar-refractivity contribution in [3.8, 4) is 0 Å². The fourth-order valence-corrected chi connectivity index (χ4v) is 6.98. The second kappa shape index (κ2) is 7.63. The first-order chi connectivity index (χ1) is 5.45. The van der Waals surface area contributed by atoms with E-state index in [0.29, 0.717) is 0 Å². The minimum absolute atomic E-state index is 0. The standard InChI is InChI=1S/2C4H8N.2ClH.Hf/c2*1-2-4-5-3-1;;;/h2*1-4H2;2*1H;/q2*-1;;;+2. The van der Waals surface area contributed by atoms with Crippen molar-refractivity contribution < 1.29 is 23.5 Å². The van der Waals surface area contributed by atoms with Gasteiger partial charge in [-0.25, -0.2) is 0 Å². The molecule has 78 valence electrons. The van der Waals surface area contributed by atoms with E-state index in [4.69, 9.17) is 0 Å². The predicted molar refractivity (Wildman–Crippen MR) is 56.1 cm³/mol. The number of nitrogens with zero attached hydrogens (tertiary/aromatic N) is 2. The molecular formula is C8H18Cl2HfN2. The van der Waals surface area contributed by atoms with Gasteiger partial charge >= 0.3 is 81.1 Å². The van der Waals surface area contributed by atoms with E-state index in [1.165, 1.54) is 51.9 Å². The summed E-state index contributed by atoms with van der Waals surface area (Å²) in [5.74, 6) is 0. The molecule has 0 spiro atoms. The molecule has 0 amide bonds. The molecule has 0 aliphatic carbocycles. The van der Waals surface area contributed by atoms with Gasteiger partial charge in [0, 0.05) is 0 Å². The molecule has 2 rings (SSSR count).